The molecule has 3 heteroatoms. The fraction of sp³-hybridized carbons (Fsp3) is 0.941. The summed E-state index contributed by atoms with van der Waals surface area (Å²) in [6, 6.07) is 2.54. The Morgan fingerprint density at radius 1 is 1.30 bits per heavy atom. The minimum Gasteiger partial charge on any atom is -0.388 e. The summed E-state index contributed by atoms with van der Waals surface area (Å²) in [4.78, 5) is 2.44. The van der Waals surface area contributed by atoms with E-state index in [1.54, 1.807) is 0 Å². The Morgan fingerprint density at radius 2 is 1.95 bits per heavy atom. The van der Waals surface area contributed by atoms with Gasteiger partial charge in [-0.25, -0.2) is 0 Å². The van der Waals surface area contributed by atoms with E-state index in [0.717, 1.165) is 58.2 Å². The van der Waals surface area contributed by atoms with Gasteiger partial charge in [0.2, 0.25) is 0 Å². The Labute approximate surface area is 124 Å². The van der Waals surface area contributed by atoms with Crippen LogP contribution in [0.15, 0.2) is 0 Å². The van der Waals surface area contributed by atoms with Crippen molar-refractivity contribution in [3.63, 3.8) is 0 Å². The molecule has 2 unspecified atom stereocenters. The van der Waals surface area contributed by atoms with Crippen LogP contribution in [-0.2, 0) is 0 Å². The molecule has 0 bridgehead atoms. The maximum Gasteiger partial charge on any atom is 0.0864 e. The average Bonchev–Trinajstić information content (AvgIpc) is 2.86. The summed E-state index contributed by atoms with van der Waals surface area (Å²) in [7, 11) is 0. The number of aliphatic hydroxyl groups is 1. The van der Waals surface area contributed by atoms with Gasteiger partial charge >= 0.3 is 0 Å². The van der Waals surface area contributed by atoms with Crippen LogP contribution in [0.2, 0.25) is 0 Å². The predicted molar refractivity (Wildman–Crippen MR) is 81.1 cm³/mol. The van der Waals surface area contributed by atoms with Crippen molar-refractivity contribution >= 4 is 0 Å². The van der Waals surface area contributed by atoms with E-state index in [2.05, 4.69) is 31.7 Å². The summed E-state index contributed by atoms with van der Waals surface area (Å²) in [5, 5.41) is 20.9. The summed E-state index contributed by atoms with van der Waals surface area (Å²) in [5.41, 5.74) is -1.23. The molecule has 1 saturated heterocycles. The Kier molecular flexibility index (Phi) is 4.76. The second-order valence-electron chi connectivity index (χ2n) is 7.44. The van der Waals surface area contributed by atoms with Gasteiger partial charge in [0.1, 0.15) is 0 Å². The van der Waals surface area contributed by atoms with Crippen LogP contribution in [0.5, 0.6) is 0 Å². The predicted octanol–water partition coefficient (Wildman–Crippen LogP) is 3.19. The van der Waals surface area contributed by atoms with Gasteiger partial charge in [0, 0.05) is 19.6 Å². The number of piperidine rings is 1. The van der Waals surface area contributed by atoms with Crippen LogP contribution < -0.4 is 0 Å². The van der Waals surface area contributed by atoms with E-state index in [0.29, 0.717) is 11.8 Å². The fourth-order valence-electron chi connectivity index (χ4n) is 4.22. The van der Waals surface area contributed by atoms with Crippen molar-refractivity contribution in [2.75, 3.05) is 19.6 Å². The molecule has 1 aliphatic carbocycles. The highest BCUT2D eigenvalue weighted by Crippen LogP contribution is 2.53. The fourth-order valence-corrected chi connectivity index (χ4v) is 4.22. The molecule has 114 valence electrons. The normalized spacial score (nSPS) is 34.3. The monoisotopic (exact) mass is 278 g/mol. The highest BCUT2D eigenvalue weighted by Gasteiger charge is 2.55. The van der Waals surface area contributed by atoms with Gasteiger partial charge in [-0.1, -0.05) is 27.2 Å². The minimum atomic E-state index is -0.751. The smallest absolute Gasteiger partial charge is 0.0864 e. The highest BCUT2D eigenvalue weighted by atomic mass is 16.3. The van der Waals surface area contributed by atoms with E-state index in [1.807, 2.05) is 0 Å². The number of nitrogens with zero attached hydrogens (tertiary/aromatic N) is 2. The van der Waals surface area contributed by atoms with Crippen LogP contribution in [0, 0.1) is 28.6 Å². The van der Waals surface area contributed by atoms with Gasteiger partial charge in [-0.05, 0) is 43.9 Å². The SMILES string of the molecule is CCC1CCC(C#N)(C2(O)CCN(CC(C)C)CC2)C1. The molecule has 0 aromatic heterocycles. The summed E-state index contributed by atoms with van der Waals surface area (Å²) >= 11 is 0. The molecule has 3 nitrogen and oxygen atoms in total. The zero-order valence-corrected chi connectivity index (χ0v) is 13.4. The quantitative estimate of drug-likeness (QED) is 0.859. The van der Waals surface area contributed by atoms with E-state index >= 15 is 0 Å². The van der Waals surface area contributed by atoms with Crippen molar-refractivity contribution in [3.05, 3.63) is 0 Å². The second kappa shape index (κ2) is 6.03. The molecule has 0 aromatic rings. The van der Waals surface area contributed by atoms with Gasteiger partial charge in [-0.2, -0.15) is 5.26 Å². The largest absolute Gasteiger partial charge is 0.388 e. The van der Waals surface area contributed by atoms with Gasteiger partial charge in [-0.3, -0.25) is 0 Å². The number of rotatable bonds is 4. The molecule has 2 fully saturated rings. The second-order valence-corrected chi connectivity index (χ2v) is 7.44. The molecule has 2 atom stereocenters. The van der Waals surface area contributed by atoms with Crippen molar-refractivity contribution in [2.45, 2.75) is 64.9 Å². The van der Waals surface area contributed by atoms with Gasteiger partial charge in [0.25, 0.3) is 0 Å². The number of likely N-dealkylation sites (tertiary alicyclic amines) is 1. The molecule has 0 spiro atoms. The molecule has 0 radical (unpaired) electrons. The Bertz CT molecular complexity index is 366. The molecule has 20 heavy (non-hydrogen) atoms. The maximum absolute atomic E-state index is 11.1. The summed E-state index contributed by atoms with van der Waals surface area (Å²) in [6.45, 7) is 9.66. The van der Waals surface area contributed by atoms with E-state index < -0.39 is 11.0 Å². The first kappa shape index (κ1) is 15.8. The molecular formula is C17H30N2O. The first-order valence-corrected chi connectivity index (χ1v) is 8.30. The lowest BCUT2D eigenvalue weighted by Gasteiger charge is -2.46. The van der Waals surface area contributed by atoms with Crippen molar-refractivity contribution < 1.29 is 5.11 Å². The molecule has 2 rings (SSSR count). The number of hydrogen-bond acceptors (Lipinski definition) is 3. The Hall–Kier alpha value is -0.590. The van der Waals surface area contributed by atoms with Crippen LogP contribution >= 0.6 is 0 Å². The summed E-state index contributed by atoms with van der Waals surface area (Å²) < 4.78 is 0. The molecule has 1 aliphatic heterocycles. The van der Waals surface area contributed by atoms with Gasteiger partial charge in [-0.15, -0.1) is 0 Å². The Morgan fingerprint density at radius 3 is 2.40 bits per heavy atom. The van der Waals surface area contributed by atoms with Crippen LogP contribution in [0.1, 0.15) is 59.3 Å². The summed E-state index contributed by atoms with van der Waals surface area (Å²) in [6.07, 6.45) is 5.58. The van der Waals surface area contributed by atoms with Crippen LogP contribution in [0.3, 0.4) is 0 Å². The first-order valence-electron chi connectivity index (χ1n) is 8.30. The van der Waals surface area contributed by atoms with Crippen molar-refractivity contribution in [1.82, 2.24) is 4.90 Å². The maximum atomic E-state index is 11.1. The lowest BCUT2D eigenvalue weighted by molar-refractivity contribution is -0.0971. The van der Waals surface area contributed by atoms with E-state index in [4.69, 9.17) is 0 Å². The van der Waals surface area contributed by atoms with Gasteiger partial charge in [0.05, 0.1) is 17.1 Å². The van der Waals surface area contributed by atoms with Crippen molar-refractivity contribution in [2.24, 2.45) is 17.3 Å². The molecular weight excluding hydrogens is 248 g/mol. The molecule has 2 aliphatic rings. The lowest BCUT2D eigenvalue weighted by atomic mass is 9.66. The summed E-state index contributed by atoms with van der Waals surface area (Å²) in [5.74, 6) is 1.30. The van der Waals surface area contributed by atoms with E-state index in [-0.39, 0.29) is 0 Å². The zero-order valence-electron chi connectivity index (χ0n) is 13.4. The molecule has 0 aromatic carbocycles. The third kappa shape index (κ3) is 2.87. The zero-order chi connectivity index (χ0) is 14.8. The minimum absolute atomic E-state index is 0.475. The van der Waals surface area contributed by atoms with Gasteiger partial charge in [0.15, 0.2) is 0 Å². The highest BCUT2D eigenvalue weighted by molar-refractivity contribution is 5.16. The van der Waals surface area contributed by atoms with E-state index in [9.17, 15) is 10.4 Å². The number of hydrogen-bond donors (Lipinski definition) is 1. The van der Waals surface area contributed by atoms with Crippen molar-refractivity contribution in [1.29, 1.82) is 5.26 Å². The average molecular weight is 278 g/mol. The van der Waals surface area contributed by atoms with E-state index in [1.165, 1.54) is 0 Å². The third-order valence-corrected chi connectivity index (χ3v) is 5.61. The molecule has 1 heterocycles. The number of nitriles is 1. The lowest BCUT2D eigenvalue weighted by Crippen LogP contribution is -2.54. The molecule has 1 N–H and O–H groups in total. The third-order valence-electron chi connectivity index (χ3n) is 5.61. The molecule has 0 amide bonds. The van der Waals surface area contributed by atoms with Crippen LogP contribution in [0.25, 0.3) is 0 Å². The topological polar surface area (TPSA) is 47.3 Å². The van der Waals surface area contributed by atoms with Gasteiger partial charge < -0.3 is 10.0 Å². The van der Waals surface area contributed by atoms with Crippen molar-refractivity contribution in [3.8, 4) is 6.07 Å². The molecule has 1 saturated carbocycles. The Balaban J connectivity index is 2.03. The van der Waals surface area contributed by atoms with Crippen LogP contribution in [-0.4, -0.2) is 35.2 Å². The first-order chi connectivity index (χ1) is 9.44. The standard InChI is InChI=1S/C17H30N2O/c1-4-15-5-6-16(11-15,13-18)17(20)7-9-19(10-8-17)12-14(2)3/h14-15,20H,4-12H2,1-3H3. The van der Waals surface area contributed by atoms with Crippen LogP contribution in [0.4, 0.5) is 0 Å².